The van der Waals surface area contributed by atoms with Crippen molar-refractivity contribution in [3.8, 4) is 11.1 Å². The number of ether oxygens (including phenoxy) is 1. The van der Waals surface area contributed by atoms with Crippen molar-refractivity contribution in [2.75, 3.05) is 36.7 Å². The van der Waals surface area contributed by atoms with Gasteiger partial charge in [0.1, 0.15) is 11.5 Å². The number of methoxy groups -OCH3 is 1. The highest BCUT2D eigenvalue weighted by atomic mass is 32.2. The van der Waals surface area contributed by atoms with Crippen LogP contribution >= 0.6 is 11.3 Å². The van der Waals surface area contributed by atoms with Crippen LogP contribution in [0.3, 0.4) is 0 Å². The number of nitrogens with zero attached hydrogens (tertiary/aromatic N) is 5. The first-order valence-electron chi connectivity index (χ1n) is 18.1. The monoisotopic (exact) mass is 755 g/mol. The molecule has 1 aliphatic heterocycles. The van der Waals surface area contributed by atoms with Gasteiger partial charge >= 0.3 is 0 Å². The van der Waals surface area contributed by atoms with Crippen molar-refractivity contribution in [1.29, 1.82) is 0 Å². The van der Waals surface area contributed by atoms with Gasteiger partial charge in [-0.15, -0.1) is 0 Å². The molecule has 0 radical (unpaired) electrons. The molecule has 5 aromatic rings. The van der Waals surface area contributed by atoms with Gasteiger partial charge in [-0.3, -0.25) is 19.6 Å². The molecule has 2 amide bonds. The first kappa shape index (κ1) is 36.7. The minimum Gasteiger partial charge on any atom is -0.385 e. The molecule has 2 aliphatic rings. The Kier molecular flexibility index (Phi) is 10.6. The normalized spacial score (nSPS) is 15.9. The number of hydrogen-bond acceptors (Lipinski definition) is 10. The van der Waals surface area contributed by atoms with E-state index in [2.05, 4.69) is 15.0 Å². The van der Waals surface area contributed by atoms with Crippen LogP contribution in [0.4, 0.5) is 10.9 Å². The number of para-hydroxylation sites is 1. The summed E-state index contributed by atoms with van der Waals surface area (Å²) in [5, 5.41) is 8.31. The summed E-state index contributed by atoms with van der Waals surface area (Å²) < 4.78 is 35.2. The van der Waals surface area contributed by atoms with Crippen molar-refractivity contribution in [2.24, 2.45) is 5.41 Å². The van der Waals surface area contributed by atoms with Crippen LogP contribution in [0.15, 0.2) is 60.8 Å². The Morgan fingerprint density at radius 2 is 1.75 bits per heavy atom. The van der Waals surface area contributed by atoms with E-state index < -0.39 is 15.9 Å². The highest BCUT2D eigenvalue weighted by molar-refractivity contribution is 7.89. The lowest BCUT2D eigenvalue weighted by atomic mass is 9.77. The molecule has 14 heteroatoms. The molecule has 7 rings (SSSR count). The topological polar surface area (TPSA) is 148 Å². The fraction of sp³-hybridized carbons (Fsp3) is 0.410. The van der Waals surface area contributed by atoms with Crippen molar-refractivity contribution in [2.45, 2.75) is 71.4 Å². The van der Waals surface area contributed by atoms with Gasteiger partial charge in [0.2, 0.25) is 10.0 Å². The summed E-state index contributed by atoms with van der Waals surface area (Å²) >= 11 is 1.42. The van der Waals surface area contributed by atoms with Crippen LogP contribution in [-0.4, -0.2) is 66.5 Å². The Hall–Kier alpha value is -4.66. The predicted octanol–water partition coefficient (Wildman–Crippen LogP) is 6.74. The van der Waals surface area contributed by atoms with Crippen LogP contribution in [0.5, 0.6) is 0 Å². The van der Waals surface area contributed by atoms with E-state index in [9.17, 15) is 18.0 Å². The van der Waals surface area contributed by atoms with Gasteiger partial charge in [-0.25, -0.2) is 23.1 Å². The zero-order chi connectivity index (χ0) is 37.2. The van der Waals surface area contributed by atoms with Crippen LogP contribution in [0.25, 0.3) is 21.3 Å². The fourth-order valence-corrected chi connectivity index (χ4v) is 9.08. The fourth-order valence-electron chi connectivity index (χ4n) is 7.78. The average molecular weight is 756 g/mol. The molecule has 0 atom stereocenters. The number of pyridine rings is 1. The van der Waals surface area contributed by atoms with E-state index in [-0.39, 0.29) is 17.0 Å². The summed E-state index contributed by atoms with van der Waals surface area (Å²) in [6.07, 6.45) is 11.3. The molecule has 1 saturated carbocycles. The first-order chi connectivity index (χ1) is 25.5. The van der Waals surface area contributed by atoms with Crippen molar-refractivity contribution in [1.82, 2.24) is 24.5 Å². The molecule has 0 saturated heterocycles. The quantitative estimate of drug-likeness (QED) is 0.140. The van der Waals surface area contributed by atoms with Gasteiger partial charge in [-0.2, -0.15) is 5.10 Å². The smallest absolute Gasteiger partial charge is 0.284 e. The van der Waals surface area contributed by atoms with Gasteiger partial charge in [-0.1, -0.05) is 61.3 Å². The first-order valence-corrected chi connectivity index (χ1v) is 20.8. The van der Waals surface area contributed by atoms with Gasteiger partial charge in [0.05, 0.1) is 22.7 Å². The largest absolute Gasteiger partial charge is 0.385 e. The summed E-state index contributed by atoms with van der Waals surface area (Å²) in [5.41, 5.74) is 5.44. The molecule has 2 aromatic carbocycles. The van der Waals surface area contributed by atoms with E-state index in [1.54, 1.807) is 19.4 Å². The van der Waals surface area contributed by atoms with Crippen LogP contribution in [0, 0.1) is 12.3 Å². The Morgan fingerprint density at radius 3 is 2.51 bits per heavy atom. The number of thiazole rings is 1. The number of carbonyl (C=O) groups is 2. The molecule has 1 fully saturated rings. The molecule has 4 heterocycles. The number of hydrogen-bond donors (Lipinski definition) is 2. The molecule has 0 unspecified atom stereocenters. The van der Waals surface area contributed by atoms with Crippen molar-refractivity contribution in [3.05, 3.63) is 88.9 Å². The van der Waals surface area contributed by atoms with E-state index in [1.807, 2.05) is 65.0 Å². The number of fused-ring (bicyclic) bond motifs is 2. The molecule has 0 bridgehead atoms. The third kappa shape index (κ3) is 8.14. The second-order valence-corrected chi connectivity index (χ2v) is 17.1. The number of aromatic nitrogens is 4. The number of amides is 2. The number of anilines is 2. The summed E-state index contributed by atoms with van der Waals surface area (Å²) in [6.45, 7) is 4.37. The minimum atomic E-state index is -3.88. The number of sulfonamides is 1. The van der Waals surface area contributed by atoms with Crippen LogP contribution in [-0.2, 0) is 34.3 Å². The molecule has 278 valence electrons. The Bertz CT molecular complexity index is 2220. The van der Waals surface area contributed by atoms with Crippen molar-refractivity contribution < 1.29 is 22.7 Å². The second-order valence-electron chi connectivity index (χ2n) is 14.3. The molecule has 53 heavy (non-hydrogen) atoms. The molecule has 2 N–H and O–H groups in total. The van der Waals surface area contributed by atoms with E-state index in [0.717, 1.165) is 64.7 Å². The molecule has 1 aliphatic carbocycles. The summed E-state index contributed by atoms with van der Waals surface area (Å²) in [5.74, 6) is -0.564. The van der Waals surface area contributed by atoms with Gasteiger partial charge in [-0.05, 0) is 79.5 Å². The zero-order valence-electron chi connectivity index (χ0n) is 30.4. The van der Waals surface area contributed by atoms with Gasteiger partial charge < -0.3 is 9.64 Å². The number of rotatable bonds is 11. The van der Waals surface area contributed by atoms with E-state index in [1.165, 1.54) is 37.0 Å². The van der Waals surface area contributed by atoms with E-state index in [4.69, 9.17) is 14.8 Å². The summed E-state index contributed by atoms with van der Waals surface area (Å²) in [6, 6.07) is 17.1. The molecular formula is C39H45N7O5S2. The maximum absolute atomic E-state index is 13.6. The summed E-state index contributed by atoms with van der Waals surface area (Å²) in [7, 11) is -2.14. The van der Waals surface area contributed by atoms with Gasteiger partial charge in [0, 0.05) is 55.7 Å². The van der Waals surface area contributed by atoms with Gasteiger partial charge in [0.25, 0.3) is 11.8 Å². The molecular weight excluding hydrogens is 711 g/mol. The van der Waals surface area contributed by atoms with Crippen LogP contribution in [0.2, 0.25) is 0 Å². The van der Waals surface area contributed by atoms with Crippen LogP contribution in [0.1, 0.15) is 82.6 Å². The van der Waals surface area contributed by atoms with E-state index >= 15 is 0 Å². The highest BCUT2D eigenvalue weighted by Gasteiger charge is 2.33. The Morgan fingerprint density at radius 1 is 0.962 bits per heavy atom. The Balaban J connectivity index is 1.18. The molecule has 3 aromatic heterocycles. The lowest BCUT2D eigenvalue weighted by Gasteiger charge is -2.33. The molecule has 12 nitrogen and oxygen atoms in total. The SMILES string of the molecule is COCCC1(Cn2ncc(-c3ccc(N4CCc5cccc(C(=O)Nc6nc7ccccc7s6)c5C4)nc3C(=O)NS(C)(=O)=O)c2C)CCCCCC1. The lowest BCUT2D eigenvalue weighted by molar-refractivity contribution is 0.0976. The average Bonchev–Trinajstić information content (AvgIpc) is 3.63. The predicted molar refractivity (Wildman–Crippen MR) is 208 cm³/mol. The third-order valence-electron chi connectivity index (χ3n) is 10.6. The zero-order valence-corrected chi connectivity index (χ0v) is 32.0. The number of carbonyl (C=O) groups excluding carboxylic acids is 2. The van der Waals surface area contributed by atoms with Crippen molar-refractivity contribution >= 4 is 54.3 Å². The maximum Gasteiger partial charge on any atom is 0.284 e. The molecule has 0 spiro atoms. The van der Waals surface area contributed by atoms with E-state index in [0.29, 0.717) is 48.2 Å². The summed E-state index contributed by atoms with van der Waals surface area (Å²) in [4.78, 5) is 38.7. The van der Waals surface area contributed by atoms with Crippen molar-refractivity contribution in [3.63, 3.8) is 0 Å². The van der Waals surface area contributed by atoms with Gasteiger partial charge in [0.15, 0.2) is 5.13 Å². The highest BCUT2D eigenvalue weighted by Crippen LogP contribution is 2.41. The maximum atomic E-state index is 13.6. The Labute approximate surface area is 314 Å². The minimum absolute atomic E-state index is 0.00759. The van der Waals surface area contributed by atoms with Crippen LogP contribution < -0.4 is 14.9 Å². The number of benzene rings is 2. The third-order valence-corrected chi connectivity index (χ3v) is 12.1. The second kappa shape index (κ2) is 15.4. The number of nitrogens with one attached hydrogen (secondary N) is 2. The lowest BCUT2D eigenvalue weighted by Crippen LogP contribution is -2.34. The standard InChI is InChI=1S/C39H45N7O5S2/c1-26-30(23-40-46(26)25-39(20-22-51-2)18-8-4-5-9-19-39)28-15-16-34(42-35(28)37(48)44-53(3,49)50)45-21-17-27-11-10-12-29(31(27)24-45)36(47)43-38-41-32-13-6-7-14-33(32)52-38/h6-7,10-16,23H,4-5,8-9,17-22,24-25H2,1-3H3,(H,44,48)(H,41,43,47).